The van der Waals surface area contributed by atoms with Crippen LogP contribution in [0.15, 0.2) is 30.3 Å². The summed E-state index contributed by atoms with van der Waals surface area (Å²) in [7, 11) is 0. The molecule has 1 rings (SSSR count). The zero-order valence-electron chi connectivity index (χ0n) is 5.31. The van der Waals surface area contributed by atoms with Gasteiger partial charge < -0.3 is 0 Å². The lowest BCUT2D eigenvalue weighted by Gasteiger charge is -1.82. The summed E-state index contributed by atoms with van der Waals surface area (Å²) in [6.07, 6.45) is 0. The van der Waals surface area contributed by atoms with E-state index < -0.39 is 0 Å². The molecule has 0 aromatic heterocycles. The molecule has 0 fully saturated rings. The number of benzene rings is 1. The van der Waals surface area contributed by atoms with Gasteiger partial charge in [0.25, 0.3) is 0 Å². The fourth-order valence-electron chi connectivity index (χ4n) is 0.483. The van der Waals surface area contributed by atoms with Crippen molar-refractivity contribution in [3.63, 3.8) is 0 Å². The van der Waals surface area contributed by atoms with Crippen LogP contribution in [0, 0.1) is 6.92 Å². The minimum absolute atomic E-state index is 0. The van der Waals surface area contributed by atoms with E-state index in [9.17, 15) is 0 Å². The van der Waals surface area contributed by atoms with Crippen molar-refractivity contribution in [1.29, 1.82) is 0 Å². The van der Waals surface area contributed by atoms with E-state index in [2.05, 4.69) is 0 Å². The Morgan fingerprint density at radius 2 is 2.12 bits per heavy atom. The van der Waals surface area contributed by atoms with E-state index in [4.69, 9.17) is 1.37 Å². The van der Waals surface area contributed by atoms with E-state index in [0.29, 0.717) is 6.04 Å². The van der Waals surface area contributed by atoms with Crippen LogP contribution in [0.2, 0.25) is 0 Å². The molecular formula is C8H12. The molecule has 0 aliphatic carbocycles. The van der Waals surface area contributed by atoms with Gasteiger partial charge in [-0.2, -0.15) is 0 Å². The van der Waals surface area contributed by atoms with Crippen molar-refractivity contribution in [2.24, 2.45) is 0 Å². The van der Waals surface area contributed by atoms with E-state index in [-0.39, 0.29) is 7.43 Å². The van der Waals surface area contributed by atoms with Gasteiger partial charge in [-0.1, -0.05) is 43.3 Å². The molecule has 0 saturated heterocycles. The van der Waals surface area contributed by atoms with E-state index in [1.165, 1.54) is 0 Å². The SMILES string of the molecule is C.[3H]c1ccccc1C. The zero-order valence-corrected chi connectivity index (χ0v) is 4.31. The summed E-state index contributed by atoms with van der Waals surface area (Å²) in [5.74, 6) is 0. The molecule has 0 N–H and O–H groups in total. The molecule has 0 aliphatic heterocycles. The van der Waals surface area contributed by atoms with Crippen molar-refractivity contribution >= 4 is 0 Å². The van der Waals surface area contributed by atoms with Crippen LogP contribution in [0.25, 0.3) is 0 Å². The van der Waals surface area contributed by atoms with Crippen molar-refractivity contribution in [3.05, 3.63) is 35.9 Å². The first kappa shape index (κ1) is 5.36. The molecule has 0 heteroatoms. The summed E-state index contributed by atoms with van der Waals surface area (Å²) in [6, 6.07) is 8.15. The Bertz CT molecular complexity index is 161. The van der Waals surface area contributed by atoms with Crippen LogP contribution in [-0.4, -0.2) is 0 Å². The van der Waals surface area contributed by atoms with Crippen molar-refractivity contribution in [1.82, 2.24) is 0 Å². The Morgan fingerprint density at radius 1 is 1.38 bits per heavy atom. The largest absolute Gasteiger partial charge is 0.0776 e. The molecule has 0 spiro atoms. The number of aryl methyl sites for hydroxylation is 1. The minimum atomic E-state index is 0. The average molecular weight is 110 g/mol. The van der Waals surface area contributed by atoms with E-state index in [0.717, 1.165) is 5.56 Å². The standard InChI is InChI=1S/C7H8.CH4/c1-7-5-3-2-4-6-7;/h2-6H,1H3;1H4/i5T;. The molecule has 0 bridgehead atoms. The average Bonchev–Trinajstić information content (AvgIpc) is 1.77. The van der Waals surface area contributed by atoms with Gasteiger partial charge in [0.05, 0.1) is 1.37 Å². The highest BCUT2D eigenvalue weighted by molar-refractivity contribution is 5.11. The van der Waals surface area contributed by atoms with Gasteiger partial charge in [0, 0.05) is 0 Å². The highest BCUT2D eigenvalue weighted by Gasteiger charge is 1.72. The fourth-order valence-corrected chi connectivity index (χ4v) is 0.483. The maximum atomic E-state index is 7.22. The van der Waals surface area contributed by atoms with Crippen molar-refractivity contribution in [3.8, 4) is 0 Å². The summed E-state index contributed by atoms with van der Waals surface area (Å²) in [6.45, 7) is 1.93. The molecule has 44 valence electrons. The molecule has 0 aliphatic rings. The van der Waals surface area contributed by atoms with Crippen LogP contribution in [0.1, 0.15) is 14.4 Å². The van der Waals surface area contributed by atoms with E-state index >= 15 is 0 Å². The molecule has 1 aromatic rings. The van der Waals surface area contributed by atoms with E-state index in [1.807, 2.05) is 25.1 Å². The van der Waals surface area contributed by atoms with Gasteiger partial charge in [0.15, 0.2) is 0 Å². The molecular weight excluding hydrogens is 96.1 g/mol. The molecule has 0 saturated carbocycles. The molecule has 0 unspecified atom stereocenters. The van der Waals surface area contributed by atoms with Crippen LogP contribution in [-0.2, 0) is 0 Å². The lowest BCUT2D eigenvalue weighted by Crippen LogP contribution is -1.62. The zero-order chi connectivity index (χ0) is 5.98. The third kappa shape index (κ3) is 1.78. The number of rotatable bonds is 0. The lowest BCUT2D eigenvalue weighted by molar-refractivity contribution is 1.48. The molecule has 8 heavy (non-hydrogen) atoms. The maximum Gasteiger partial charge on any atom is 0.0625 e. The number of hydrogen-bond donors (Lipinski definition) is 0. The minimum Gasteiger partial charge on any atom is -0.0776 e. The van der Waals surface area contributed by atoms with Gasteiger partial charge in [-0.05, 0) is 6.92 Å². The highest BCUT2D eigenvalue weighted by atomic mass is 13.8. The van der Waals surface area contributed by atoms with Crippen LogP contribution in [0.5, 0.6) is 0 Å². The Morgan fingerprint density at radius 3 is 2.50 bits per heavy atom. The Hall–Kier alpha value is -0.780. The summed E-state index contributed by atoms with van der Waals surface area (Å²) in [4.78, 5) is 0. The molecule has 0 atom stereocenters. The topological polar surface area (TPSA) is 0 Å². The smallest absolute Gasteiger partial charge is 0.0625 e. The van der Waals surface area contributed by atoms with Crippen molar-refractivity contribution in [2.75, 3.05) is 0 Å². The monoisotopic (exact) mass is 110 g/mol. The third-order valence-corrected chi connectivity index (χ3v) is 0.865. The van der Waals surface area contributed by atoms with Gasteiger partial charge >= 0.3 is 0 Å². The van der Waals surface area contributed by atoms with Gasteiger partial charge in [0.1, 0.15) is 0 Å². The molecule has 0 amide bonds. The molecule has 0 radical (unpaired) electrons. The maximum absolute atomic E-state index is 7.22. The first-order valence-electron chi connectivity index (χ1n) is 2.83. The second-order valence-corrected chi connectivity index (χ2v) is 1.55. The van der Waals surface area contributed by atoms with Gasteiger partial charge in [0.2, 0.25) is 0 Å². The summed E-state index contributed by atoms with van der Waals surface area (Å²) < 4.78 is 7.22. The van der Waals surface area contributed by atoms with Gasteiger partial charge in [-0.3, -0.25) is 0 Å². The normalized spacial score (nSPS) is 9.38. The molecule has 0 nitrogen and oxygen atoms in total. The quantitative estimate of drug-likeness (QED) is 0.481. The van der Waals surface area contributed by atoms with Crippen LogP contribution < -0.4 is 0 Å². The Balaban J connectivity index is 0.000000640. The van der Waals surface area contributed by atoms with Crippen molar-refractivity contribution in [2.45, 2.75) is 14.4 Å². The van der Waals surface area contributed by atoms with Crippen LogP contribution in [0.3, 0.4) is 0 Å². The molecule has 0 heterocycles. The summed E-state index contributed by atoms with van der Waals surface area (Å²) in [5, 5.41) is 0. The summed E-state index contributed by atoms with van der Waals surface area (Å²) >= 11 is 0. The third-order valence-electron chi connectivity index (χ3n) is 0.865. The van der Waals surface area contributed by atoms with Gasteiger partial charge in [-0.25, -0.2) is 0 Å². The van der Waals surface area contributed by atoms with Gasteiger partial charge in [-0.15, -0.1) is 0 Å². The Kier molecular flexibility index (Phi) is 2.18. The first-order valence-corrected chi connectivity index (χ1v) is 2.33. The van der Waals surface area contributed by atoms with Crippen LogP contribution >= 0.6 is 0 Å². The summed E-state index contributed by atoms with van der Waals surface area (Å²) in [5.41, 5.74) is 1.03. The predicted octanol–water partition coefficient (Wildman–Crippen LogP) is 2.63. The second kappa shape index (κ2) is 3.25. The predicted molar refractivity (Wildman–Crippen MR) is 37.9 cm³/mol. The molecule has 1 aromatic carbocycles. The first-order chi connectivity index (χ1) is 3.80. The fraction of sp³-hybridized carbons (Fsp3) is 0.250. The number of hydrogen-bond acceptors (Lipinski definition) is 0. The van der Waals surface area contributed by atoms with E-state index in [1.54, 1.807) is 6.07 Å². The van der Waals surface area contributed by atoms with Crippen molar-refractivity contribution < 1.29 is 1.37 Å². The Labute approximate surface area is 52.6 Å². The second-order valence-electron chi connectivity index (χ2n) is 1.55. The highest BCUT2D eigenvalue weighted by Crippen LogP contribution is 1.92. The van der Waals surface area contributed by atoms with Crippen LogP contribution in [0.4, 0.5) is 0 Å². The lowest BCUT2D eigenvalue weighted by atomic mass is 10.2.